The van der Waals surface area contributed by atoms with E-state index in [9.17, 15) is 4.39 Å². The predicted molar refractivity (Wildman–Crippen MR) is 53.1 cm³/mol. The second-order valence-corrected chi connectivity index (χ2v) is 4.59. The molecule has 1 aromatic carbocycles. The lowest BCUT2D eigenvalue weighted by atomic mass is 9.97. The average Bonchev–Trinajstić information content (AvgIpc) is 2.62. The van der Waals surface area contributed by atoms with Crippen molar-refractivity contribution in [2.45, 2.75) is 24.8 Å². The number of fused-ring (bicyclic) bond motifs is 1. The highest BCUT2D eigenvalue weighted by molar-refractivity contribution is 5.36. The highest BCUT2D eigenvalue weighted by Gasteiger charge is 2.64. The summed E-state index contributed by atoms with van der Waals surface area (Å²) >= 11 is 0. The van der Waals surface area contributed by atoms with Crippen LogP contribution in [0.25, 0.3) is 0 Å². The summed E-state index contributed by atoms with van der Waals surface area (Å²) in [6.45, 7) is 0. The van der Waals surface area contributed by atoms with Crippen LogP contribution in [0.5, 0.6) is 0 Å². The molecule has 2 fully saturated rings. The fraction of sp³-hybridized carbons (Fsp3) is 0.500. The molecule has 2 unspecified atom stereocenters. The minimum absolute atomic E-state index is 0.169. The number of benzene rings is 1. The van der Waals surface area contributed by atoms with Crippen LogP contribution >= 0.6 is 0 Å². The maximum absolute atomic E-state index is 13.0. The van der Waals surface area contributed by atoms with Crippen molar-refractivity contribution in [3.63, 3.8) is 0 Å². The fourth-order valence-corrected chi connectivity index (χ4v) is 3.19. The number of nitrogens with two attached hydrogens (primary N) is 1. The van der Waals surface area contributed by atoms with E-state index in [1.165, 1.54) is 25.3 Å². The van der Waals surface area contributed by atoms with Gasteiger partial charge in [0.1, 0.15) is 5.82 Å². The summed E-state index contributed by atoms with van der Waals surface area (Å²) in [6, 6.07) is 6.79. The molecule has 74 valence electrons. The van der Waals surface area contributed by atoms with E-state index in [-0.39, 0.29) is 11.4 Å². The summed E-state index contributed by atoms with van der Waals surface area (Å²) in [4.78, 5) is 0. The average molecular weight is 191 g/mol. The summed E-state index contributed by atoms with van der Waals surface area (Å²) in [7, 11) is 0. The summed E-state index contributed by atoms with van der Waals surface area (Å²) in [5.41, 5.74) is 7.12. The van der Waals surface area contributed by atoms with Gasteiger partial charge in [-0.25, -0.2) is 4.39 Å². The molecule has 0 bridgehead atoms. The molecule has 0 heterocycles. The van der Waals surface area contributed by atoms with Crippen molar-refractivity contribution in [3.05, 3.63) is 35.6 Å². The number of hydrogen-bond donors (Lipinski definition) is 1. The van der Waals surface area contributed by atoms with Crippen molar-refractivity contribution in [1.82, 2.24) is 0 Å². The third-order valence-corrected chi connectivity index (χ3v) is 3.96. The van der Waals surface area contributed by atoms with Gasteiger partial charge in [-0.3, -0.25) is 0 Å². The molecule has 0 amide bonds. The quantitative estimate of drug-likeness (QED) is 0.724. The highest BCUT2D eigenvalue weighted by Crippen LogP contribution is 2.64. The van der Waals surface area contributed by atoms with E-state index in [1.807, 2.05) is 6.07 Å². The van der Waals surface area contributed by atoms with Gasteiger partial charge in [-0.2, -0.15) is 0 Å². The molecule has 0 spiro atoms. The van der Waals surface area contributed by atoms with Crippen molar-refractivity contribution < 1.29 is 4.39 Å². The first-order chi connectivity index (χ1) is 6.73. The molecule has 1 nitrogen and oxygen atoms in total. The molecular formula is C12H14FN. The summed E-state index contributed by atoms with van der Waals surface area (Å²) < 4.78 is 13.0. The lowest BCUT2D eigenvalue weighted by Crippen LogP contribution is -2.25. The minimum atomic E-state index is -0.194. The molecule has 0 aromatic heterocycles. The van der Waals surface area contributed by atoms with Crippen molar-refractivity contribution in [2.75, 3.05) is 0 Å². The van der Waals surface area contributed by atoms with Crippen LogP contribution in [-0.2, 0) is 5.54 Å². The minimum Gasteiger partial charge on any atom is -0.321 e. The van der Waals surface area contributed by atoms with E-state index in [0.29, 0.717) is 11.8 Å². The van der Waals surface area contributed by atoms with E-state index in [2.05, 4.69) is 0 Å². The van der Waals surface area contributed by atoms with Gasteiger partial charge in [-0.1, -0.05) is 18.6 Å². The van der Waals surface area contributed by atoms with Crippen LogP contribution in [0.3, 0.4) is 0 Å². The lowest BCUT2D eigenvalue weighted by molar-refractivity contribution is 0.521. The van der Waals surface area contributed by atoms with Crippen LogP contribution in [0.1, 0.15) is 24.8 Å². The van der Waals surface area contributed by atoms with Gasteiger partial charge < -0.3 is 5.73 Å². The van der Waals surface area contributed by atoms with E-state index in [1.54, 1.807) is 12.1 Å². The van der Waals surface area contributed by atoms with Crippen LogP contribution < -0.4 is 5.73 Å². The lowest BCUT2D eigenvalue weighted by Gasteiger charge is -2.15. The van der Waals surface area contributed by atoms with Gasteiger partial charge in [0.25, 0.3) is 0 Å². The predicted octanol–water partition coefficient (Wildman–Crippen LogP) is 2.41. The molecule has 2 N–H and O–H groups in total. The van der Waals surface area contributed by atoms with Crippen molar-refractivity contribution in [2.24, 2.45) is 17.6 Å². The normalized spacial score (nSPS) is 39.6. The van der Waals surface area contributed by atoms with Gasteiger partial charge >= 0.3 is 0 Å². The molecule has 2 saturated carbocycles. The van der Waals surface area contributed by atoms with E-state index >= 15 is 0 Å². The summed E-state index contributed by atoms with van der Waals surface area (Å²) in [5.74, 6) is 1.06. The third-order valence-electron chi connectivity index (χ3n) is 3.96. The molecule has 2 atom stereocenters. The van der Waals surface area contributed by atoms with Gasteiger partial charge in [0.2, 0.25) is 0 Å². The van der Waals surface area contributed by atoms with Gasteiger partial charge in [0.15, 0.2) is 0 Å². The van der Waals surface area contributed by atoms with Gasteiger partial charge in [-0.15, -0.1) is 0 Å². The van der Waals surface area contributed by atoms with Crippen LogP contribution in [-0.4, -0.2) is 0 Å². The van der Waals surface area contributed by atoms with Crippen molar-refractivity contribution >= 4 is 0 Å². The monoisotopic (exact) mass is 191 g/mol. The first-order valence-electron chi connectivity index (χ1n) is 5.28. The first kappa shape index (κ1) is 8.42. The Morgan fingerprint density at radius 1 is 1.29 bits per heavy atom. The van der Waals surface area contributed by atoms with Crippen molar-refractivity contribution in [3.8, 4) is 0 Å². The largest absolute Gasteiger partial charge is 0.321 e. The zero-order valence-corrected chi connectivity index (χ0v) is 8.04. The Labute approximate surface area is 83.1 Å². The Balaban J connectivity index is 1.97. The SMILES string of the molecule is NC1(c2cccc(F)c2)C2CCCC21. The summed E-state index contributed by atoms with van der Waals surface area (Å²) in [5, 5.41) is 0. The van der Waals surface area contributed by atoms with Crippen LogP contribution in [0.4, 0.5) is 4.39 Å². The standard InChI is InChI=1S/C12H14FN/c13-9-4-1-3-8(7-9)12(14)10-5-2-6-11(10)12/h1,3-4,7,10-11H,2,5-6,14H2. The van der Waals surface area contributed by atoms with E-state index in [4.69, 9.17) is 5.73 Å². The second-order valence-electron chi connectivity index (χ2n) is 4.59. The van der Waals surface area contributed by atoms with Gasteiger partial charge in [0.05, 0.1) is 0 Å². The Kier molecular flexibility index (Phi) is 1.55. The molecular weight excluding hydrogens is 177 g/mol. The second kappa shape index (κ2) is 2.57. The van der Waals surface area contributed by atoms with Gasteiger partial charge in [-0.05, 0) is 42.4 Å². The Morgan fingerprint density at radius 3 is 2.64 bits per heavy atom. The summed E-state index contributed by atoms with van der Waals surface area (Å²) in [6.07, 6.45) is 3.74. The Hall–Kier alpha value is -0.890. The third kappa shape index (κ3) is 0.921. The number of halogens is 1. The zero-order valence-electron chi connectivity index (χ0n) is 8.04. The molecule has 3 rings (SSSR count). The number of rotatable bonds is 1. The van der Waals surface area contributed by atoms with Crippen LogP contribution in [0.15, 0.2) is 24.3 Å². The smallest absolute Gasteiger partial charge is 0.123 e. The van der Waals surface area contributed by atoms with Crippen LogP contribution in [0.2, 0.25) is 0 Å². The molecule has 14 heavy (non-hydrogen) atoms. The van der Waals surface area contributed by atoms with E-state index in [0.717, 1.165) is 5.56 Å². The van der Waals surface area contributed by atoms with Gasteiger partial charge in [0, 0.05) is 5.54 Å². The highest BCUT2D eigenvalue weighted by atomic mass is 19.1. The fourth-order valence-electron chi connectivity index (χ4n) is 3.19. The molecule has 2 aliphatic carbocycles. The molecule has 2 heteroatoms. The Morgan fingerprint density at radius 2 is 2.00 bits per heavy atom. The maximum atomic E-state index is 13.0. The molecule has 0 aliphatic heterocycles. The molecule has 0 radical (unpaired) electrons. The van der Waals surface area contributed by atoms with Crippen LogP contribution in [0, 0.1) is 17.7 Å². The molecule has 0 saturated heterocycles. The Bertz CT molecular complexity index is 364. The van der Waals surface area contributed by atoms with Crippen molar-refractivity contribution in [1.29, 1.82) is 0 Å². The maximum Gasteiger partial charge on any atom is 0.123 e. The molecule has 1 aromatic rings. The zero-order chi connectivity index (χ0) is 9.76. The first-order valence-corrected chi connectivity index (χ1v) is 5.28. The topological polar surface area (TPSA) is 26.0 Å². The number of hydrogen-bond acceptors (Lipinski definition) is 1. The molecule has 2 aliphatic rings. The van der Waals surface area contributed by atoms with E-state index < -0.39 is 0 Å².